The van der Waals surface area contributed by atoms with Crippen LogP contribution in [0.25, 0.3) is 0 Å². The van der Waals surface area contributed by atoms with Crippen LogP contribution in [0.15, 0.2) is 48.0 Å². The summed E-state index contributed by atoms with van der Waals surface area (Å²) in [6.45, 7) is 6.71. The zero-order chi connectivity index (χ0) is 17.2. The van der Waals surface area contributed by atoms with Gasteiger partial charge in [0.25, 0.3) is 0 Å². The van der Waals surface area contributed by atoms with Crippen LogP contribution in [0, 0.1) is 5.82 Å². The molecule has 0 saturated carbocycles. The van der Waals surface area contributed by atoms with Gasteiger partial charge in [-0.1, -0.05) is 6.07 Å². The summed E-state index contributed by atoms with van der Waals surface area (Å²) in [6, 6.07) is 6.12. The number of aromatic nitrogens is 2. The van der Waals surface area contributed by atoms with Gasteiger partial charge in [0.05, 0.1) is 12.9 Å². The van der Waals surface area contributed by atoms with Crippen LogP contribution in [0.1, 0.15) is 13.8 Å². The fourth-order valence-corrected chi connectivity index (χ4v) is 2.09. The van der Waals surface area contributed by atoms with E-state index in [1.54, 1.807) is 24.7 Å². The fraction of sp³-hybridized carbons (Fsp3) is 0.412. The Morgan fingerprint density at radius 1 is 1.42 bits per heavy atom. The van der Waals surface area contributed by atoms with E-state index >= 15 is 0 Å². The number of hydrogen-bond acceptors (Lipinski definition) is 3. The molecule has 1 aromatic carbocycles. The highest BCUT2D eigenvalue weighted by Gasteiger charge is 2.05. The molecule has 1 unspecified atom stereocenters. The molecule has 0 aliphatic rings. The second-order valence-corrected chi connectivity index (χ2v) is 5.33. The number of halogens is 1. The lowest BCUT2D eigenvalue weighted by Crippen LogP contribution is -2.39. The summed E-state index contributed by atoms with van der Waals surface area (Å²) < 4.78 is 20.8. The Labute approximate surface area is 141 Å². The predicted octanol–water partition coefficient (Wildman–Crippen LogP) is 2.04. The number of imidazole rings is 1. The van der Waals surface area contributed by atoms with E-state index in [4.69, 9.17) is 4.74 Å². The number of hydrogen-bond donors (Lipinski definition) is 2. The van der Waals surface area contributed by atoms with Gasteiger partial charge in [-0.25, -0.2) is 14.4 Å². The minimum atomic E-state index is -0.308. The molecular formula is C17H24FN5O. The van der Waals surface area contributed by atoms with E-state index in [1.807, 2.05) is 24.6 Å². The molecule has 130 valence electrons. The highest BCUT2D eigenvalue weighted by atomic mass is 19.1. The minimum Gasteiger partial charge on any atom is -0.489 e. The molecule has 2 rings (SSSR count). The van der Waals surface area contributed by atoms with Gasteiger partial charge in [-0.05, 0) is 26.0 Å². The monoisotopic (exact) mass is 333 g/mol. The first-order chi connectivity index (χ1) is 11.7. The number of benzene rings is 1. The van der Waals surface area contributed by atoms with E-state index < -0.39 is 0 Å². The van der Waals surface area contributed by atoms with Crippen LogP contribution in [-0.2, 0) is 6.54 Å². The second kappa shape index (κ2) is 9.54. The van der Waals surface area contributed by atoms with E-state index in [2.05, 4.69) is 20.6 Å². The zero-order valence-corrected chi connectivity index (χ0v) is 14.1. The molecule has 1 aromatic heterocycles. The summed E-state index contributed by atoms with van der Waals surface area (Å²) in [4.78, 5) is 8.51. The van der Waals surface area contributed by atoms with Gasteiger partial charge in [0.15, 0.2) is 5.96 Å². The van der Waals surface area contributed by atoms with Crippen molar-refractivity contribution in [1.29, 1.82) is 0 Å². The van der Waals surface area contributed by atoms with E-state index in [1.165, 1.54) is 12.1 Å². The molecule has 24 heavy (non-hydrogen) atoms. The van der Waals surface area contributed by atoms with Gasteiger partial charge < -0.3 is 19.9 Å². The summed E-state index contributed by atoms with van der Waals surface area (Å²) in [5, 5.41) is 6.45. The molecular weight excluding hydrogens is 309 g/mol. The topological polar surface area (TPSA) is 63.5 Å². The third kappa shape index (κ3) is 6.28. The lowest BCUT2D eigenvalue weighted by molar-refractivity contribution is 0.229. The largest absolute Gasteiger partial charge is 0.489 e. The minimum absolute atomic E-state index is 0.157. The van der Waals surface area contributed by atoms with Crippen LogP contribution in [0.5, 0.6) is 5.75 Å². The van der Waals surface area contributed by atoms with Crippen LogP contribution in [0.4, 0.5) is 4.39 Å². The van der Waals surface area contributed by atoms with Gasteiger partial charge in [0.2, 0.25) is 0 Å². The van der Waals surface area contributed by atoms with Crippen molar-refractivity contribution < 1.29 is 9.13 Å². The number of nitrogens with zero attached hydrogens (tertiary/aromatic N) is 3. The van der Waals surface area contributed by atoms with Gasteiger partial charge in [-0.2, -0.15) is 0 Å². The SMILES string of the molecule is CCNC(=NCC(C)Oc1cccc(F)c1)NCCn1ccnc1. The van der Waals surface area contributed by atoms with E-state index in [0.29, 0.717) is 12.3 Å². The van der Waals surface area contributed by atoms with Crippen LogP contribution in [0.3, 0.4) is 0 Å². The summed E-state index contributed by atoms with van der Waals surface area (Å²) in [5.41, 5.74) is 0. The maximum atomic E-state index is 13.2. The van der Waals surface area contributed by atoms with Crippen LogP contribution < -0.4 is 15.4 Å². The quantitative estimate of drug-likeness (QED) is 0.573. The lowest BCUT2D eigenvalue weighted by Gasteiger charge is -2.15. The maximum Gasteiger partial charge on any atom is 0.191 e. The molecule has 0 saturated heterocycles. The summed E-state index contributed by atoms with van der Waals surface area (Å²) >= 11 is 0. The number of aliphatic imine (C=N–C) groups is 1. The van der Waals surface area contributed by atoms with Crippen molar-refractivity contribution in [3.8, 4) is 5.75 Å². The molecule has 2 aromatic rings. The van der Waals surface area contributed by atoms with Crippen molar-refractivity contribution >= 4 is 5.96 Å². The highest BCUT2D eigenvalue weighted by molar-refractivity contribution is 5.79. The zero-order valence-electron chi connectivity index (χ0n) is 14.1. The molecule has 0 spiro atoms. The normalized spacial score (nSPS) is 12.7. The van der Waals surface area contributed by atoms with Crippen LogP contribution >= 0.6 is 0 Å². The number of nitrogens with one attached hydrogen (secondary N) is 2. The van der Waals surface area contributed by atoms with E-state index in [0.717, 1.165) is 25.6 Å². The van der Waals surface area contributed by atoms with E-state index in [9.17, 15) is 4.39 Å². The van der Waals surface area contributed by atoms with Crippen LogP contribution in [-0.4, -0.2) is 41.2 Å². The molecule has 6 nitrogen and oxygen atoms in total. The van der Waals surface area contributed by atoms with Crippen molar-refractivity contribution in [3.63, 3.8) is 0 Å². The molecule has 0 aliphatic carbocycles. The molecule has 1 atom stereocenters. The Morgan fingerprint density at radius 2 is 2.29 bits per heavy atom. The second-order valence-electron chi connectivity index (χ2n) is 5.33. The smallest absolute Gasteiger partial charge is 0.191 e. The Hall–Kier alpha value is -2.57. The highest BCUT2D eigenvalue weighted by Crippen LogP contribution is 2.13. The molecule has 0 bridgehead atoms. The fourth-order valence-electron chi connectivity index (χ4n) is 2.09. The number of ether oxygens (including phenoxy) is 1. The number of rotatable bonds is 8. The molecule has 1 heterocycles. The third-order valence-electron chi connectivity index (χ3n) is 3.21. The number of guanidine groups is 1. The maximum absolute atomic E-state index is 13.2. The first-order valence-electron chi connectivity index (χ1n) is 8.07. The van der Waals surface area contributed by atoms with Crippen molar-refractivity contribution in [2.45, 2.75) is 26.5 Å². The molecule has 0 radical (unpaired) electrons. The van der Waals surface area contributed by atoms with Crippen LogP contribution in [0.2, 0.25) is 0 Å². The standard InChI is InChI=1S/C17H24FN5O/c1-3-20-17(21-8-10-23-9-7-19-13-23)22-12-14(2)24-16-6-4-5-15(18)11-16/h4-7,9,11,13-14H,3,8,10,12H2,1-2H3,(H2,20,21,22). The molecule has 0 aliphatic heterocycles. The van der Waals surface area contributed by atoms with Gasteiger partial charge in [-0.3, -0.25) is 0 Å². The third-order valence-corrected chi connectivity index (χ3v) is 3.21. The van der Waals surface area contributed by atoms with Crippen molar-refractivity contribution in [2.24, 2.45) is 4.99 Å². The first kappa shape index (κ1) is 17.8. The summed E-state index contributed by atoms with van der Waals surface area (Å²) in [5.74, 6) is 0.931. The Morgan fingerprint density at radius 3 is 3.00 bits per heavy atom. The van der Waals surface area contributed by atoms with Crippen molar-refractivity contribution in [3.05, 3.63) is 48.8 Å². The molecule has 0 amide bonds. The molecule has 0 fully saturated rings. The molecule has 2 N–H and O–H groups in total. The predicted molar refractivity (Wildman–Crippen MR) is 92.7 cm³/mol. The summed E-state index contributed by atoms with van der Waals surface area (Å²) in [6.07, 6.45) is 5.29. The van der Waals surface area contributed by atoms with Gasteiger partial charge >= 0.3 is 0 Å². The Bertz CT molecular complexity index is 630. The van der Waals surface area contributed by atoms with Gasteiger partial charge in [-0.15, -0.1) is 0 Å². The lowest BCUT2D eigenvalue weighted by atomic mass is 10.3. The van der Waals surface area contributed by atoms with Gasteiger partial charge in [0.1, 0.15) is 17.7 Å². The Balaban J connectivity index is 1.80. The average molecular weight is 333 g/mol. The first-order valence-corrected chi connectivity index (χ1v) is 8.07. The van der Waals surface area contributed by atoms with Crippen molar-refractivity contribution in [1.82, 2.24) is 20.2 Å². The Kier molecular flexibility index (Phi) is 7.07. The van der Waals surface area contributed by atoms with E-state index in [-0.39, 0.29) is 11.9 Å². The van der Waals surface area contributed by atoms with Crippen molar-refractivity contribution in [2.75, 3.05) is 19.6 Å². The summed E-state index contributed by atoms with van der Waals surface area (Å²) in [7, 11) is 0. The molecule has 7 heteroatoms. The average Bonchev–Trinajstić information content (AvgIpc) is 3.06. The van der Waals surface area contributed by atoms with Gasteiger partial charge in [0, 0.05) is 38.1 Å².